The predicted octanol–water partition coefficient (Wildman–Crippen LogP) is 2.74. The van der Waals surface area contributed by atoms with Gasteiger partial charge in [0, 0.05) is 31.6 Å². The standard InChI is InChI=1S/C18H23N5O2S/c1-3-4-7-16-22-15-13-19-12-14(2)17(15)23(16)10-6-11-26(24,25)18-20-8-5-9-21-18/h5,8-9,12-13H,3-4,6-7,10-11H2,1-2H3. The second-order valence-electron chi connectivity index (χ2n) is 6.31. The fraction of sp³-hybridized carbons (Fsp3) is 0.444. The SMILES string of the molecule is CCCCc1nc2cncc(C)c2n1CCCS(=O)(=O)c1ncccn1. The Morgan fingerprint density at radius 3 is 2.62 bits per heavy atom. The summed E-state index contributed by atoms with van der Waals surface area (Å²) in [5.41, 5.74) is 2.96. The molecule has 3 aromatic rings. The minimum Gasteiger partial charge on any atom is -0.328 e. The molecule has 0 aliphatic carbocycles. The van der Waals surface area contributed by atoms with E-state index in [9.17, 15) is 8.42 Å². The zero-order valence-corrected chi connectivity index (χ0v) is 15.9. The number of sulfone groups is 1. The van der Waals surface area contributed by atoms with E-state index < -0.39 is 9.84 Å². The molecule has 0 aromatic carbocycles. The molecule has 0 atom stereocenters. The molecule has 0 bridgehead atoms. The number of aromatic nitrogens is 5. The lowest BCUT2D eigenvalue weighted by molar-refractivity contribution is 0.575. The highest BCUT2D eigenvalue weighted by Crippen LogP contribution is 2.21. The van der Waals surface area contributed by atoms with E-state index in [0.29, 0.717) is 13.0 Å². The molecule has 0 radical (unpaired) electrons. The first-order valence-electron chi connectivity index (χ1n) is 8.82. The molecule has 0 aliphatic rings. The van der Waals surface area contributed by atoms with Crippen LogP contribution in [0.4, 0.5) is 0 Å². The lowest BCUT2D eigenvalue weighted by Crippen LogP contribution is -2.14. The van der Waals surface area contributed by atoms with Gasteiger partial charge in [-0.2, -0.15) is 0 Å². The van der Waals surface area contributed by atoms with Crippen LogP contribution in [0.15, 0.2) is 36.0 Å². The second-order valence-corrected chi connectivity index (χ2v) is 8.31. The number of hydrogen-bond donors (Lipinski definition) is 0. The third-order valence-corrected chi connectivity index (χ3v) is 5.87. The van der Waals surface area contributed by atoms with E-state index in [4.69, 9.17) is 4.98 Å². The molecule has 0 saturated carbocycles. The Balaban J connectivity index is 1.82. The van der Waals surface area contributed by atoms with Gasteiger partial charge in [0.25, 0.3) is 0 Å². The number of unbranched alkanes of at least 4 members (excludes halogenated alkanes) is 1. The first-order chi connectivity index (χ1) is 12.5. The van der Waals surface area contributed by atoms with Gasteiger partial charge in [-0.3, -0.25) is 4.98 Å². The molecule has 0 saturated heterocycles. The first-order valence-corrected chi connectivity index (χ1v) is 10.5. The summed E-state index contributed by atoms with van der Waals surface area (Å²) in [6.07, 6.45) is 9.96. The quantitative estimate of drug-likeness (QED) is 0.564. The molecular weight excluding hydrogens is 350 g/mol. The highest BCUT2D eigenvalue weighted by Gasteiger charge is 2.18. The molecule has 0 unspecified atom stereocenters. The Bertz CT molecular complexity index is 983. The van der Waals surface area contributed by atoms with Crippen LogP contribution in [0.1, 0.15) is 37.6 Å². The number of pyridine rings is 1. The molecule has 0 spiro atoms. The van der Waals surface area contributed by atoms with Crippen LogP contribution >= 0.6 is 0 Å². The first kappa shape index (κ1) is 18.4. The number of rotatable bonds is 8. The molecule has 3 aromatic heterocycles. The van der Waals surface area contributed by atoms with Gasteiger partial charge >= 0.3 is 0 Å². The molecule has 8 heteroatoms. The largest absolute Gasteiger partial charge is 0.328 e. The summed E-state index contributed by atoms with van der Waals surface area (Å²) in [5.74, 6) is 1.000. The molecular formula is C18H23N5O2S. The molecule has 0 fully saturated rings. The fourth-order valence-corrected chi connectivity index (χ4v) is 4.16. The van der Waals surface area contributed by atoms with Crippen LogP contribution in [0.5, 0.6) is 0 Å². The van der Waals surface area contributed by atoms with Crippen molar-refractivity contribution in [2.75, 3.05) is 5.75 Å². The van der Waals surface area contributed by atoms with Gasteiger partial charge in [-0.25, -0.2) is 23.4 Å². The van der Waals surface area contributed by atoms with Gasteiger partial charge in [-0.15, -0.1) is 0 Å². The maximum Gasteiger partial charge on any atom is 0.246 e. The van der Waals surface area contributed by atoms with Crippen LogP contribution < -0.4 is 0 Å². The van der Waals surface area contributed by atoms with E-state index in [1.54, 1.807) is 12.3 Å². The van der Waals surface area contributed by atoms with Crippen molar-refractivity contribution in [3.05, 3.63) is 42.2 Å². The number of fused-ring (bicyclic) bond motifs is 1. The zero-order valence-electron chi connectivity index (χ0n) is 15.1. The van der Waals surface area contributed by atoms with Gasteiger partial charge in [0.05, 0.1) is 17.5 Å². The molecule has 7 nitrogen and oxygen atoms in total. The average molecular weight is 373 g/mol. The lowest BCUT2D eigenvalue weighted by Gasteiger charge is -2.10. The number of aryl methyl sites for hydroxylation is 3. The topological polar surface area (TPSA) is 90.6 Å². The summed E-state index contributed by atoms with van der Waals surface area (Å²) >= 11 is 0. The maximum absolute atomic E-state index is 12.4. The van der Waals surface area contributed by atoms with E-state index in [-0.39, 0.29) is 10.9 Å². The molecule has 138 valence electrons. The third kappa shape index (κ3) is 3.90. The van der Waals surface area contributed by atoms with Crippen LogP contribution in [0.3, 0.4) is 0 Å². The summed E-state index contributed by atoms with van der Waals surface area (Å²) < 4.78 is 26.9. The van der Waals surface area contributed by atoms with E-state index in [2.05, 4.69) is 26.4 Å². The van der Waals surface area contributed by atoms with Gasteiger partial charge in [0.15, 0.2) is 0 Å². The summed E-state index contributed by atoms with van der Waals surface area (Å²) in [5, 5.41) is -0.109. The van der Waals surface area contributed by atoms with Crippen molar-refractivity contribution in [1.82, 2.24) is 24.5 Å². The summed E-state index contributed by atoms with van der Waals surface area (Å²) in [4.78, 5) is 16.7. The molecule has 3 heterocycles. The smallest absolute Gasteiger partial charge is 0.246 e. The number of nitrogens with zero attached hydrogens (tertiary/aromatic N) is 5. The summed E-state index contributed by atoms with van der Waals surface area (Å²) in [6, 6.07) is 1.60. The lowest BCUT2D eigenvalue weighted by atomic mass is 10.2. The second kappa shape index (κ2) is 7.90. The Kier molecular flexibility index (Phi) is 5.61. The van der Waals surface area contributed by atoms with E-state index in [1.165, 1.54) is 12.4 Å². The Hall–Kier alpha value is -2.35. The minimum absolute atomic E-state index is 0.00797. The Morgan fingerprint density at radius 2 is 1.88 bits per heavy atom. The van der Waals surface area contributed by atoms with Gasteiger partial charge < -0.3 is 4.57 Å². The van der Waals surface area contributed by atoms with Gasteiger partial charge in [0.2, 0.25) is 15.0 Å². The van der Waals surface area contributed by atoms with Gasteiger partial charge in [-0.05, 0) is 31.4 Å². The molecule has 3 rings (SSSR count). The van der Waals surface area contributed by atoms with Crippen molar-refractivity contribution in [1.29, 1.82) is 0 Å². The van der Waals surface area contributed by atoms with Crippen LogP contribution in [-0.2, 0) is 22.8 Å². The van der Waals surface area contributed by atoms with E-state index in [0.717, 1.165) is 41.7 Å². The Morgan fingerprint density at radius 1 is 1.12 bits per heavy atom. The minimum atomic E-state index is -3.48. The number of imidazole rings is 1. The van der Waals surface area contributed by atoms with Gasteiger partial charge in [-0.1, -0.05) is 13.3 Å². The van der Waals surface area contributed by atoms with Crippen LogP contribution in [0.2, 0.25) is 0 Å². The van der Waals surface area contributed by atoms with Crippen molar-refractivity contribution in [3.8, 4) is 0 Å². The molecule has 0 aliphatic heterocycles. The summed E-state index contributed by atoms with van der Waals surface area (Å²) in [7, 11) is -3.48. The third-order valence-electron chi connectivity index (χ3n) is 4.28. The maximum atomic E-state index is 12.4. The van der Waals surface area contributed by atoms with E-state index >= 15 is 0 Å². The normalized spacial score (nSPS) is 11.9. The van der Waals surface area contributed by atoms with Crippen LogP contribution in [0, 0.1) is 6.92 Å². The monoisotopic (exact) mass is 373 g/mol. The highest BCUT2D eigenvalue weighted by atomic mass is 32.2. The van der Waals surface area contributed by atoms with Crippen molar-refractivity contribution < 1.29 is 8.42 Å². The highest BCUT2D eigenvalue weighted by molar-refractivity contribution is 7.91. The fourth-order valence-electron chi connectivity index (χ4n) is 3.02. The van der Waals surface area contributed by atoms with Crippen LogP contribution in [0.25, 0.3) is 11.0 Å². The predicted molar refractivity (Wildman–Crippen MR) is 99.6 cm³/mol. The Labute approximate surface area is 153 Å². The average Bonchev–Trinajstić information content (AvgIpc) is 2.99. The molecule has 0 N–H and O–H groups in total. The van der Waals surface area contributed by atoms with Crippen LogP contribution in [-0.4, -0.2) is 38.7 Å². The zero-order chi connectivity index (χ0) is 18.6. The van der Waals surface area contributed by atoms with Crippen molar-refractivity contribution in [2.24, 2.45) is 0 Å². The molecule has 0 amide bonds. The van der Waals surface area contributed by atoms with Crippen molar-refractivity contribution >= 4 is 20.9 Å². The van der Waals surface area contributed by atoms with Crippen molar-refractivity contribution in [3.63, 3.8) is 0 Å². The van der Waals surface area contributed by atoms with E-state index in [1.807, 2.05) is 13.1 Å². The van der Waals surface area contributed by atoms with Crippen molar-refractivity contribution in [2.45, 2.75) is 51.2 Å². The molecule has 26 heavy (non-hydrogen) atoms. The van der Waals surface area contributed by atoms with Gasteiger partial charge in [0.1, 0.15) is 11.3 Å². The summed E-state index contributed by atoms with van der Waals surface area (Å²) in [6.45, 7) is 4.74. The number of hydrogen-bond acceptors (Lipinski definition) is 6.